The maximum Gasteiger partial charge on any atom is 0.339 e. The number of aromatic nitrogens is 4. The van der Waals surface area contributed by atoms with Crippen molar-refractivity contribution in [1.29, 1.82) is 0 Å². The minimum Gasteiger partial charge on any atom is -0.506 e. The number of rotatable bonds is 5. The summed E-state index contributed by atoms with van der Waals surface area (Å²) in [5.74, 6) is 24.3. The number of aromatic hydroxyl groups is 2. The van der Waals surface area contributed by atoms with Crippen LogP contribution in [0.5, 0.6) is 11.5 Å². The first-order valence-electron chi connectivity index (χ1n) is 41.2. The summed E-state index contributed by atoms with van der Waals surface area (Å²) in [5.41, 5.74) is 68.6. The van der Waals surface area contributed by atoms with Gasteiger partial charge in [-0.05, 0) is 177 Å². The summed E-state index contributed by atoms with van der Waals surface area (Å²) in [6, 6.07) is 23.0. The second-order valence-electron chi connectivity index (χ2n) is 38.3. The van der Waals surface area contributed by atoms with E-state index in [1.807, 2.05) is 102 Å². The van der Waals surface area contributed by atoms with E-state index in [2.05, 4.69) is 338 Å². The number of carboxylic acid groups (broad SMARTS) is 2. The molecule has 8 aromatic rings. The van der Waals surface area contributed by atoms with Gasteiger partial charge < -0.3 is 54.8 Å². The molecule has 0 amide bonds. The number of terminal acetylenes is 7. The fourth-order valence-electron chi connectivity index (χ4n) is 7.56. The van der Waals surface area contributed by atoms with Gasteiger partial charge in [-0.15, -0.1) is 94.9 Å². The number of non-ortho nitro benzene ring substituents is 3. The standard InChI is InChI=1S/C16H22N2O2Si2.C16H21NO3Si2.C15H22N2Si2.C10H6N2O2.C9H6N2.C7H4I2O3.C6H4I2N2O2.C5H4Br2N2.3C5H10Si/c1-21(2,3)9-7-13-11-15(18(19)20)12-14(16(13)17)8-10-22(4,5)6;1-21(2,3)9-7-12-11-13(16(19)20)15(18)14(17-12)8-10-22(4,5)6;1-18(2,3)9-7-14-11-13(16)12-15(17-14)8-10-19(4,5)6;1-3-7-5-9(12(13)14)6-8(4-2)10(7)11;1-3-8-5-7(10)6-9(4-2)11-8;8-3-1-4(7(11)12)6(10)5(9)2-3;7-4-1-3(10(11)12)2-5(8)6(4)9;6-4-1-3(8)2-5(7)9-4;3*1-5-6(2,3)4/h11-12H,17H2,1-6H3;11,18H,1-6H3,(H,19,20);11-12H,1-6H3,(H2,16,17);1-2,5-6H,11H2;1-2,5-6H,(H2,10,11);1-2,10H,(H,11,12);1-2H,9H2;1-2H,(H2,8,9);3*1H,2-4H3. The molecule has 0 saturated carbocycles. The monoisotopic (exact) mass is 2600 g/mol. The number of nitrogen functional groups attached to an aromatic ring is 6. The van der Waals surface area contributed by atoms with E-state index in [0.29, 0.717) is 67.4 Å². The molecule has 730 valence electrons. The van der Waals surface area contributed by atoms with Crippen LogP contribution in [0.25, 0.3) is 0 Å². The number of nitro groups is 3. The van der Waals surface area contributed by atoms with Gasteiger partial charge in [-0.3, -0.25) is 30.3 Å². The molecule has 4 aromatic heterocycles. The molecule has 0 bridgehead atoms. The second-order valence-corrected chi connectivity index (χ2v) is 87.5. The highest BCUT2D eigenvalue weighted by molar-refractivity contribution is 14.1. The van der Waals surface area contributed by atoms with Crippen molar-refractivity contribution in [3.63, 3.8) is 0 Å². The number of nitro benzene ring substituents is 3. The lowest BCUT2D eigenvalue weighted by molar-refractivity contribution is -0.385. The highest BCUT2D eigenvalue weighted by Gasteiger charge is 2.22. The van der Waals surface area contributed by atoms with Crippen molar-refractivity contribution in [2.24, 2.45) is 0 Å². The molecule has 40 heteroatoms. The first-order valence-corrected chi connectivity index (χ1v) is 78.6. The second kappa shape index (κ2) is 60.3. The van der Waals surface area contributed by atoms with Gasteiger partial charge in [0.05, 0.1) is 57.7 Å². The fourth-order valence-corrected chi connectivity index (χ4v) is 15.3. The lowest BCUT2D eigenvalue weighted by Gasteiger charge is -2.07. The van der Waals surface area contributed by atoms with Crippen molar-refractivity contribution in [1.82, 2.24) is 19.9 Å². The number of hydrogen-bond acceptors (Lipinski definition) is 20. The molecule has 16 N–H and O–H groups in total. The van der Waals surface area contributed by atoms with E-state index in [-0.39, 0.29) is 56.4 Å². The first kappa shape index (κ1) is 132. The van der Waals surface area contributed by atoms with Crippen LogP contribution in [0, 0.1) is 199 Å². The smallest absolute Gasteiger partial charge is 0.339 e. The van der Waals surface area contributed by atoms with Crippen molar-refractivity contribution in [3.05, 3.63) is 212 Å². The Balaban J connectivity index is -0.00000150. The molecule has 0 spiro atoms. The minimum atomic E-state index is -1.66. The van der Waals surface area contributed by atoms with Crippen LogP contribution < -0.4 is 34.4 Å². The summed E-state index contributed by atoms with van der Waals surface area (Å²) < 4.78 is 4.27. The first-order chi connectivity index (χ1) is 63.1. The molecule has 25 nitrogen and oxygen atoms in total. The third-order valence-corrected chi connectivity index (χ3v) is 26.2. The zero-order valence-corrected chi connectivity index (χ0v) is 104. The molecule has 4 heterocycles. The van der Waals surface area contributed by atoms with Crippen LogP contribution in [-0.4, -0.2) is 140 Å². The summed E-state index contributed by atoms with van der Waals surface area (Å²) in [6.45, 7) is 57.7. The molecule has 0 aliphatic carbocycles. The topological polar surface area (TPSA) is 452 Å². The number of benzene rings is 4. The molecule has 0 radical (unpaired) electrons. The summed E-state index contributed by atoms with van der Waals surface area (Å²) in [4.78, 5) is 68.9. The molecule has 0 fully saturated rings. The molecule has 0 aliphatic rings. The van der Waals surface area contributed by atoms with Crippen LogP contribution >= 0.6 is 122 Å². The normalized spacial score (nSPS) is 10.2. The van der Waals surface area contributed by atoms with Crippen molar-refractivity contribution >= 4 is 258 Å². The molecule has 4 aromatic carbocycles. The highest BCUT2D eigenvalue weighted by atomic mass is 127. The molecular formula is C99H119Br2I4N13O12Si9. The van der Waals surface area contributed by atoms with Crippen molar-refractivity contribution in [2.75, 3.05) is 34.4 Å². The zero-order chi connectivity index (χ0) is 109. The number of carboxylic acids is 2. The predicted octanol–water partition coefficient (Wildman–Crippen LogP) is 22.8. The SMILES string of the molecule is C#C[Si](C)(C)C.C#C[Si](C)(C)C.C#C[Si](C)(C)C.C#Cc1cc(N)cc(C#C)n1.C#Cc1cc([N+](=O)[O-])cc(C#C)c1N.C[Si](C)(C)C#Cc1cc(C(=O)O)c(O)c(C#C[Si](C)(C)C)n1.C[Si](C)(C)C#Cc1cc(N)cc(C#C[Si](C)(C)C)n1.C[Si](C)(C)C#Cc1cc([N+](=O)[O-])cc(C#C[Si](C)(C)C)c1N.Nc1c(I)cc([N+](=O)[O-])cc1I.Nc1cc(Br)nc(Br)c1.O=C(O)c1cc(I)cc(I)c1O. The summed E-state index contributed by atoms with van der Waals surface area (Å²) in [5, 5.41) is 69.1. The molecule has 0 unspecified atom stereocenters. The van der Waals surface area contributed by atoms with Gasteiger partial charge in [0, 0.05) is 64.2 Å². The van der Waals surface area contributed by atoms with Crippen molar-refractivity contribution in [2.45, 2.75) is 177 Å². The minimum absolute atomic E-state index is 0.0195. The maximum absolute atomic E-state index is 11.3. The summed E-state index contributed by atoms with van der Waals surface area (Å²) in [7, 11) is -12.5. The summed E-state index contributed by atoms with van der Waals surface area (Å²) in [6.07, 6.45) is 35.8. The van der Waals surface area contributed by atoms with Crippen LogP contribution in [0.3, 0.4) is 0 Å². The lowest BCUT2D eigenvalue weighted by Crippen LogP contribution is -2.17. The lowest BCUT2D eigenvalue weighted by atomic mass is 10.1. The number of pyridine rings is 4. The van der Waals surface area contributed by atoms with Gasteiger partial charge in [-0.1, -0.05) is 236 Å². The van der Waals surface area contributed by atoms with Gasteiger partial charge in [0.2, 0.25) is 0 Å². The Morgan fingerprint density at radius 1 is 0.324 bits per heavy atom. The molecule has 0 atom stereocenters. The summed E-state index contributed by atoms with van der Waals surface area (Å²) >= 11 is 14.2. The molecule has 139 heavy (non-hydrogen) atoms. The van der Waals surface area contributed by atoms with Crippen LogP contribution in [0.4, 0.5) is 51.2 Å². The number of nitrogens with two attached hydrogens (primary N) is 6. The van der Waals surface area contributed by atoms with Gasteiger partial charge in [0.25, 0.3) is 17.1 Å². The van der Waals surface area contributed by atoms with Crippen LogP contribution in [-0.2, 0) is 0 Å². The fraction of sp³-hybridized carbons (Fsp3) is 0.273. The van der Waals surface area contributed by atoms with Crippen LogP contribution in [0.1, 0.15) is 77.1 Å². The van der Waals surface area contributed by atoms with E-state index in [1.54, 1.807) is 30.3 Å². The predicted molar refractivity (Wildman–Crippen MR) is 642 cm³/mol. The van der Waals surface area contributed by atoms with E-state index >= 15 is 0 Å². The van der Waals surface area contributed by atoms with E-state index in [0.717, 1.165) is 24.2 Å². The molecule has 0 aliphatic heterocycles. The number of halogens is 6. The average Bonchev–Trinajstić information content (AvgIpc) is 0.841. The Kier molecular flexibility index (Phi) is 57.4. The highest BCUT2D eigenvalue weighted by Crippen LogP contribution is 2.31. The third-order valence-electron chi connectivity index (χ3n) is 14.3. The Labute approximate surface area is 902 Å². The zero-order valence-electron chi connectivity index (χ0n) is 83.1. The van der Waals surface area contributed by atoms with E-state index in [9.17, 15) is 55.3 Å². The van der Waals surface area contributed by atoms with Gasteiger partial charge in [-0.25, -0.2) is 29.5 Å². The molecule has 8 rings (SSSR count). The molecule has 0 saturated heterocycles. The number of hydrogen-bond donors (Lipinski definition) is 10. The Bertz CT molecular complexity index is 6220. The average molecular weight is 2600 g/mol. The van der Waals surface area contributed by atoms with Crippen LogP contribution in [0.15, 0.2) is 100 Å². The van der Waals surface area contributed by atoms with Crippen molar-refractivity contribution < 1.29 is 44.8 Å². The Morgan fingerprint density at radius 2 is 0.583 bits per heavy atom. The number of nitrogens with zero attached hydrogens (tertiary/aromatic N) is 7. The van der Waals surface area contributed by atoms with E-state index in [1.165, 1.54) is 48.5 Å². The van der Waals surface area contributed by atoms with Crippen molar-refractivity contribution in [3.8, 4) is 166 Å². The van der Waals surface area contributed by atoms with E-state index < -0.39 is 105 Å². The quantitative estimate of drug-likeness (QED) is 0.0145. The van der Waals surface area contributed by atoms with Gasteiger partial charge in [-0.2, -0.15) is 0 Å². The van der Waals surface area contributed by atoms with Gasteiger partial charge in [0.1, 0.15) is 127 Å². The van der Waals surface area contributed by atoms with Crippen LogP contribution in [0.2, 0.25) is 177 Å². The Morgan fingerprint density at radius 3 is 0.863 bits per heavy atom. The maximum atomic E-state index is 11.3. The third kappa shape index (κ3) is 62.7. The number of carbonyl (C=O) groups is 2. The Hall–Kier alpha value is -10.9. The van der Waals surface area contributed by atoms with E-state index in [4.69, 9.17) is 84.5 Å². The number of aromatic carboxylic acids is 2. The molecular weight excluding hydrogens is 2480 g/mol. The largest absolute Gasteiger partial charge is 0.506 e. The number of phenols is 1. The number of anilines is 6. The van der Waals surface area contributed by atoms with Gasteiger partial charge in [0.15, 0.2) is 11.4 Å². The van der Waals surface area contributed by atoms with Gasteiger partial charge >= 0.3 is 11.9 Å².